The first kappa shape index (κ1) is 19.7. The van der Waals surface area contributed by atoms with E-state index in [1.54, 1.807) is 35.7 Å². The topological polar surface area (TPSA) is 64.4 Å². The number of nitrogens with zero attached hydrogens (tertiary/aromatic N) is 3. The highest BCUT2D eigenvalue weighted by molar-refractivity contribution is 7.89. The number of hydrogen-bond donors (Lipinski definition) is 0. The molecule has 2 heterocycles. The van der Waals surface area contributed by atoms with E-state index in [0.717, 1.165) is 24.1 Å². The molecule has 0 atom stereocenters. The fourth-order valence-corrected chi connectivity index (χ4v) is 5.26. The quantitative estimate of drug-likeness (QED) is 0.641. The van der Waals surface area contributed by atoms with Crippen LogP contribution >= 0.6 is 0 Å². The van der Waals surface area contributed by atoms with Gasteiger partial charge in [0.1, 0.15) is 5.75 Å². The van der Waals surface area contributed by atoms with Crippen molar-refractivity contribution in [1.29, 1.82) is 0 Å². The molecule has 1 aromatic heterocycles. The molecule has 0 N–H and O–H groups in total. The molecule has 0 saturated carbocycles. The van der Waals surface area contributed by atoms with Gasteiger partial charge in [-0.3, -0.25) is 0 Å². The predicted molar refractivity (Wildman–Crippen MR) is 112 cm³/mol. The standard InChI is InChI=1S/C22H25N3O3S/c1-17-4-3-5-20(14-17)25-16-19(15-23-25)18-10-12-24(13-11-18)29(26,27)22-8-6-21(28-2)7-9-22/h3-9,14-16,18H,10-13H2,1-2H3. The Balaban J connectivity index is 1.44. The fraction of sp³-hybridized carbons (Fsp3) is 0.318. The lowest BCUT2D eigenvalue weighted by Crippen LogP contribution is -2.37. The van der Waals surface area contributed by atoms with Crippen molar-refractivity contribution >= 4 is 10.0 Å². The molecule has 0 spiro atoms. The molecule has 0 radical (unpaired) electrons. The van der Waals surface area contributed by atoms with E-state index in [1.165, 1.54) is 5.56 Å². The summed E-state index contributed by atoms with van der Waals surface area (Å²) in [6, 6.07) is 14.8. The first-order chi connectivity index (χ1) is 14.0. The van der Waals surface area contributed by atoms with Crippen molar-refractivity contribution in [3.8, 4) is 11.4 Å². The summed E-state index contributed by atoms with van der Waals surface area (Å²) >= 11 is 0. The fourth-order valence-electron chi connectivity index (χ4n) is 3.79. The Labute approximate surface area is 171 Å². The number of ether oxygens (including phenoxy) is 1. The van der Waals surface area contributed by atoms with E-state index in [2.05, 4.69) is 30.4 Å². The molecule has 1 aliphatic heterocycles. The molecular weight excluding hydrogens is 386 g/mol. The Morgan fingerprint density at radius 3 is 2.45 bits per heavy atom. The molecule has 1 aliphatic rings. The predicted octanol–water partition coefficient (Wildman–Crippen LogP) is 3.76. The third-order valence-corrected chi connectivity index (χ3v) is 7.40. The zero-order valence-corrected chi connectivity index (χ0v) is 17.5. The summed E-state index contributed by atoms with van der Waals surface area (Å²) in [5.74, 6) is 0.962. The van der Waals surface area contributed by atoms with Crippen molar-refractivity contribution in [2.45, 2.75) is 30.6 Å². The van der Waals surface area contributed by atoms with Crippen molar-refractivity contribution < 1.29 is 13.2 Å². The van der Waals surface area contributed by atoms with E-state index in [-0.39, 0.29) is 0 Å². The van der Waals surface area contributed by atoms with Crippen molar-refractivity contribution in [2.75, 3.05) is 20.2 Å². The van der Waals surface area contributed by atoms with E-state index in [9.17, 15) is 8.42 Å². The summed E-state index contributed by atoms with van der Waals surface area (Å²) in [6.07, 6.45) is 5.54. The maximum absolute atomic E-state index is 12.9. The van der Waals surface area contributed by atoms with Gasteiger partial charge in [-0.05, 0) is 73.2 Å². The number of piperidine rings is 1. The van der Waals surface area contributed by atoms with E-state index >= 15 is 0 Å². The van der Waals surface area contributed by atoms with E-state index in [4.69, 9.17) is 4.74 Å². The molecule has 7 heteroatoms. The monoisotopic (exact) mass is 411 g/mol. The van der Waals surface area contributed by atoms with Crippen LogP contribution in [0.2, 0.25) is 0 Å². The summed E-state index contributed by atoms with van der Waals surface area (Å²) in [4.78, 5) is 0.309. The number of benzene rings is 2. The van der Waals surface area contributed by atoms with Gasteiger partial charge in [-0.25, -0.2) is 13.1 Å². The van der Waals surface area contributed by atoms with Crippen LogP contribution in [0, 0.1) is 6.92 Å². The summed E-state index contributed by atoms with van der Waals surface area (Å²) in [7, 11) is -1.91. The summed E-state index contributed by atoms with van der Waals surface area (Å²) in [5.41, 5.74) is 3.39. The lowest BCUT2D eigenvalue weighted by atomic mass is 9.93. The highest BCUT2D eigenvalue weighted by Gasteiger charge is 2.30. The van der Waals surface area contributed by atoms with Gasteiger partial charge in [0.25, 0.3) is 0 Å². The summed E-state index contributed by atoms with van der Waals surface area (Å²) < 4.78 is 34.4. The normalized spacial score (nSPS) is 16.1. The summed E-state index contributed by atoms with van der Waals surface area (Å²) in [6.45, 7) is 3.08. The molecule has 0 bridgehead atoms. The lowest BCUT2D eigenvalue weighted by Gasteiger charge is -2.30. The van der Waals surface area contributed by atoms with Crippen LogP contribution in [0.5, 0.6) is 5.75 Å². The molecule has 1 fully saturated rings. The van der Waals surface area contributed by atoms with Crippen molar-refractivity contribution in [1.82, 2.24) is 14.1 Å². The highest BCUT2D eigenvalue weighted by Crippen LogP contribution is 2.31. The number of methoxy groups -OCH3 is 1. The Bertz CT molecular complexity index is 1080. The van der Waals surface area contributed by atoms with Crippen LogP contribution in [0.4, 0.5) is 0 Å². The van der Waals surface area contributed by atoms with Gasteiger partial charge in [-0.15, -0.1) is 0 Å². The van der Waals surface area contributed by atoms with Crippen LogP contribution in [-0.2, 0) is 10.0 Å². The molecule has 0 aliphatic carbocycles. The van der Waals surface area contributed by atoms with Crippen LogP contribution in [0.3, 0.4) is 0 Å². The SMILES string of the molecule is COc1ccc(S(=O)(=O)N2CCC(c3cnn(-c4cccc(C)c4)c3)CC2)cc1. The zero-order valence-electron chi connectivity index (χ0n) is 16.7. The van der Waals surface area contributed by atoms with Crippen molar-refractivity contribution in [3.05, 3.63) is 72.1 Å². The number of hydrogen-bond acceptors (Lipinski definition) is 4. The number of aryl methyl sites for hydroxylation is 1. The molecular formula is C22H25N3O3S. The van der Waals surface area contributed by atoms with E-state index in [1.807, 2.05) is 23.0 Å². The molecule has 0 amide bonds. The molecule has 4 rings (SSSR count). The molecule has 6 nitrogen and oxygen atoms in total. The first-order valence-electron chi connectivity index (χ1n) is 9.73. The van der Waals surface area contributed by atoms with Gasteiger partial charge in [0, 0.05) is 19.3 Å². The van der Waals surface area contributed by atoms with Gasteiger partial charge in [-0.1, -0.05) is 12.1 Å². The zero-order chi connectivity index (χ0) is 20.4. The van der Waals surface area contributed by atoms with E-state index < -0.39 is 10.0 Å². The minimum Gasteiger partial charge on any atom is -0.497 e. The summed E-state index contributed by atoms with van der Waals surface area (Å²) in [5, 5.41) is 4.51. The lowest BCUT2D eigenvalue weighted by molar-refractivity contribution is 0.319. The molecule has 152 valence electrons. The van der Waals surface area contributed by atoms with E-state index in [0.29, 0.717) is 29.7 Å². The minimum atomic E-state index is -3.48. The van der Waals surface area contributed by atoms with Gasteiger partial charge in [0.2, 0.25) is 10.0 Å². The Kier molecular flexibility index (Phi) is 5.43. The van der Waals surface area contributed by atoms with Crippen molar-refractivity contribution in [3.63, 3.8) is 0 Å². The van der Waals surface area contributed by atoms with Gasteiger partial charge >= 0.3 is 0 Å². The number of rotatable bonds is 5. The van der Waals surface area contributed by atoms with Crippen LogP contribution in [0.25, 0.3) is 5.69 Å². The Morgan fingerprint density at radius 2 is 1.79 bits per heavy atom. The van der Waals surface area contributed by atoms with Gasteiger partial charge in [-0.2, -0.15) is 9.40 Å². The molecule has 2 aromatic carbocycles. The highest BCUT2D eigenvalue weighted by atomic mass is 32.2. The largest absolute Gasteiger partial charge is 0.497 e. The minimum absolute atomic E-state index is 0.309. The van der Waals surface area contributed by atoms with Gasteiger partial charge in [0.15, 0.2) is 0 Å². The molecule has 0 unspecified atom stereocenters. The number of sulfonamides is 1. The average molecular weight is 412 g/mol. The van der Waals surface area contributed by atoms with Crippen LogP contribution in [0.1, 0.15) is 29.9 Å². The first-order valence-corrected chi connectivity index (χ1v) is 11.2. The Morgan fingerprint density at radius 1 is 1.07 bits per heavy atom. The smallest absolute Gasteiger partial charge is 0.243 e. The second kappa shape index (κ2) is 8.00. The molecule has 29 heavy (non-hydrogen) atoms. The molecule has 3 aromatic rings. The maximum atomic E-state index is 12.9. The van der Waals surface area contributed by atoms with Gasteiger partial charge in [0.05, 0.1) is 23.9 Å². The average Bonchev–Trinajstić information content (AvgIpc) is 3.24. The second-order valence-corrected chi connectivity index (χ2v) is 9.35. The molecule has 1 saturated heterocycles. The maximum Gasteiger partial charge on any atom is 0.243 e. The number of aromatic nitrogens is 2. The second-order valence-electron chi connectivity index (χ2n) is 7.41. The van der Waals surface area contributed by atoms with Gasteiger partial charge < -0.3 is 4.74 Å². The third kappa shape index (κ3) is 4.06. The van der Waals surface area contributed by atoms with Crippen LogP contribution in [-0.4, -0.2) is 42.7 Å². The third-order valence-electron chi connectivity index (χ3n) is 5.49. The van der Waals surface area contributed by atoms with Crippen LogP contribution in [0.15, 0.2) is 65.8 Å². The van der Waals surface area contributed by atoms with Crippen LogP contribution < -0.4 is 4.74 Å². The van der Waals surface area contributed by atoms with Crippen molar-refractivity contribution in [2.24, 2.45) is 0 Å². The Hall–Kier alpha value is -2.64.